The minimum Gasteiger partial charge on any atom is -0.496 e. The molecule has 51 heavy (non-hydrogen) atoms. The number of carbonyl (C=O) groups is 3. The fourth-order valence-corrected chi connectivity index (χ4v) is 7.08. The molecule has 6 aromatic rings. The van der Waals surface area contributed by atoms with E-state index in [0.717, 1.165) is 26.6 Å². The summed E-state index contributed by atoms with van der Waals surface area (Å²) in [5.41, 5.74) is 4.27. The van der Waals surface area contributed by atoms with Gasteiger partial charge in [-0.25, -0.2) is 4.98 Å². The van der Waals surface area contributed by atoms with E-state index < -0.39 is 17.1 Å². The van der Waals surface area contributed by atoms with E-state index in [4.69, 9.17) is 9.72 Å². The zero-order chi connectivity index (χ0) is 35.6. The van der Waals surface area contributed by atoms with Gasteiger partial charge in [-0.3, -0.25) is 14.4 Å². The highest BCUT2D eigenvalue weighted by atomic mass is 32.2. The molecule has 1 aromatic heterocycles. The summed E-state index contributed by atoms with van der Waals surface area (Å²) >= 11 is 2.83. The number of para-hydroxylation sites is 1. The summed E-state index contributed by atoms with van der Waals surface area (Å²) in [5, 5.41) is 8.65. The van der Waals surface area contributed by atoms with Crippen molar-refractivity contribution in [2.24, 2.45) is 0 Å². The number of anilines is 2. The zero-order valence-electron chi connectivity index (χ0n) is 27.8. The molecule has 0 bridgehead atoms. The first kappa shape index (κ1) is 34.9. The lowest BCUT2D eigenvalue weighted by molar-refractivity contribution is -0.116. The van der Waals surface area contributed by atoms with Gasteiger partial charge in [-0.15, -0.1) is 23.1 Å². The van der Waals surface area contributed by atoms with Crippen LogP contribution >= 0.6 is 23.1 Å². The number of nitrogens with zero attached hydrogens (tertiary/aromatic N) is 1. The maximum atomic E-state index is 13.8. The average Bonchev–Trinajstić information content (AvgIpc) is 3.54. The van der Waals surface area contributed by atoms with Crippen LogP contribution in [-0.2, 0) is 9.59 Å². The van der Waals surface area contributed by atoms with Crippen molar-refractivity contribution in [2.75, 3.05) is 17.7 Å². The van der Waals surface area contributed by atoms with Gasteiger partial charge >= 0.3 is 0 Å². The van der Waals surface area contributed by atoms with Gasteiger partial charge in [0, 0.05) is 32.2 Å². The number of aromatic nitrogens is 1. The van der Waals surface area contributed by atoms with E-state index in [1.54, 1.807) is 61.7 Å². The van der Waals surface area contributed by atoms with Crippen LogP contribution in [0.1, 0.15) is 31.6 Å². The molecular formula is C41H34N4O4S2. The van der Waals surface area contributed by atoms with Gasteiger partial charge in [0.2, 0.25) is 5.91 Å². The molecule has 3 amide bonds. The molecule has 0 fully saturated rings. The van der Waals surface area contributed by atoms with Crippen LogP contribution < -0.4 is 20.7 Å². The number of rotatable bonds is 12. The Labute approximate surface area is 304 Å². The number of ether oxygens (including phenoxy) is 1. The summed E-state index contributed by atoms with van der Waals surface area (Å²) in [7, 11) is 1.54. The number of nitrogens with one attached hydrogen (secondary N) is 3. The van der Waals surface area contributed by atoms with Crippen molar-refractivity contribution >= 4 is 57.7 Å². The van der Waals surface area contributed by atoms with Crippen LogP contribution in [0.25, 0.3) is 17.3 Å². The highest BCUT2D eigenvalue weighted by molar-refractivity contribution is 8.00. The first-order valence-electron chi connectivity index (χ1n) is 16.1. The minimum absolute atomic E-state index is 0.0421. The normalized spacial score (nSPS) is 11.7. The monoisotopic (exact) mass is 710 g/mol. The number of thiazole rings is 1. The van der Waals surface area contributed by atoms with Gasteiger partial charge in [-0.2, -0.15) is 0 Å². The lowest BCUT2D eigenvalue weighted by atomic mass is 10.1. The molecule has 1 unspecified atom stereocenters. The third-order valence-electron chi connectivity index (χ3n) is 7.75. The first-order valence-corrected chi connectivity index (χ1v) is 17.8. The maximum Gasteiger partial charge on any atom is 0.272 e. The van der Waals surface area contributed by atoms with Crippen molar-refractivity contribution < 1.29 is 19.1 Å². The van der Waals surface area contributed by atoms with Gasteiger partial charge in [0.25, 0.3) is 11.8 Å². The molecule has 0 saturated carbocycles. The van der Waals surface area contributed by atoms with Crippen molar-refractivity contribution in [1.82, 2.24) is 10.3 Å². The zero-order valence-corrected chi connectivity index (χ0v) is 29.5. The molecule has 5 aromatic carbocycles. The van der Waals surface area contributed by atoms with Crippen LogP contribution in [-0.4, -0.2) is 29.8 Å². The summed E-state index contributed by atoms with van der Waals surface area (Å²) in [6.07, 6.45) is 1.58. The number of hydrogen-bond acceptors (Lipinski definition) is 7. The number of hydrogen-bond donors (Lipinski definition) is 3. The van der Waals surface area contributed by atoms with Crippen molar-refractivity contribution in [2.45, 2.75) is 17.1 Å². The van der Waals surface area contributed by atoms with Crippen LogP contribution in [0.4, 0.5) is 10.8 Å². The molecule has 1 heterocycles. The van der Waals surface area contributed by atoms with Crippen LogP contribution in [0.3, 0.4) is 0 Å². The Hall–Kier alpha value is -5.97. The van der Waals surface area contributed by atoms with E-state index >= 15 is 0 Å². The summed E-state index contributed by atoms with van der Waals surface area (Å²) in [6.45, 7) is 1.99. The largest absolute Gasteiger partial charge is 0.496 e. The molecule has 8 nitrogen and oxygen atoms in total. The highest BCUT2D eigenvalue weighted by Crippen LogP contribution is 2.38. The third kappa shape index (κ3) is 8.99. The number of amides is 3. The molecule has 0 aliphatic rings. The van der Waals surface area contributed by atoms with E-state index in [-0.39, 0.29) is 11.6 Å². The summed E-state index contributed by atoms with van der Waals surface area (Å²) in [4.78, 5) is 47.0. The molecule has 3 N–H and O–H groups in total. The Kier molecular flexibility index (Phi) is 11.4. The molecule has 1 atom stereocenters. The Morgan fingerprint density at radius 3 is 2.08 bits per heavy atom. The molecule has 10 heteroatoms. The topological polar surface area (TPSA) is 109 Å². The highest BCUT2D eigenvalue weighted by Gasteiger charge is 2.24. The second-order valence-corrected chi connectivity index (χ2v) is 13.7. The fourth-order valence-electron chi connectivity index (χ4n) is 5.22. The molecule has 0 aliphatic carbocycles. The second kappa shape index (κ2) is 16.6. The summed E-state index contributed by atoms with van der Waals surface area (Å²) in [6, 6.07) is 42.6. The van der Waals surface area contributed by atoms with E-state index in [1.165, 1.54) is 23.1 Å². The average molecular weight is 711 g/mol. The van der Waals surface area contributed by atoms with Crippen molar-refractivity contribution in [3.05, 3.63) is 167 Å². The second-order valence-electron chi connectivity index (χ2n) is 11.3. The summed E-state index contributed by atoms with van der Waals surface area (Å²) in [5.74, 6) is -0.581. The van der Waals surface area contributed by atoms with Gasteiger partial charge in [0.15, 0.2) is 5.13 Å². The lowest BCUT2D eigenvalue weighted by Gasteiger charge is -2.17. The van der Waals surface area contributed by atoms with E-state index in [9.17, 15) is 14.4 Å². The van der Waals surface area contributed by atoms with E-state index in [2.05, 4.69) is 16.0 Å². The molecule has 0 spiro atoms. The molecular weight excluding hydrogens is 677 g/mol. The van der Waals surface area contributed by atoms with Gasteiger partial charge in [-0.1, -0.05) is 97.1 Å². The third-order valence-corrected chi connectivity index (χ3v) is 9.90. The Morgan fingerprint density at radius 1 is 0.765 bits per heavy atom. The molecule has 0 radical (unpaired) electrons. The fraction of sp³-hybridized carbons (Fsp3) is 0.0732. The Balaban J connectivity index is 1.19. The maximum absolute atomic E-state index is 13.8. The van der Waals surface area contributed by atoms with Crippen LogP contribution in [0.15, 0.2) is 150 Å². The van der Waals surface area contributed by atoms with Gasteiger partial charge in [0.1, 0.15) is 16.7 Å². The molecule has 0 saturated heterocycles. The molecule has 254 valence electrons. The van der Waals surface area contributed by atoms with E-state index in [0.29, 0.717) is 27.7 Å². The molecule has 6 rings (SSSR count). The van der Waals surface area contributed by atoms with Gasteiger partial charge in [-0.05, 0) is 61.0 Å². The summed E-state index contributed by atoms with van der Waals surface area (Å²) < 4.78 is 5.46. The number of carbonyl (C=O) groups excluding carboxylic acids is 3. The number of methoxy groups -OCH3 is 1. The minimum atomic E-state index is -0.570. The lowest BCUT2D eigenvalue weighted by Crippen LogP contribution is -2.30. The number of thioether (sulfide) groups is 1. The van der Waals surface area contributed by atoms with Gasteiger partial charge in [0.05, 0.1) is 12.8 Å². The standard InChI is InChI=1S/C41H34N4O4S2/c1-27-36(28-14-6-3-7-15-28)44-41(50-27)45-40(48)37(29-16-8-4-9-17-29)51-33-24-22-32(23-25-33)42-39(47)34(26-31-20-12-13-21-35(31)49-2)43-38(46)30-18-10-5-11-19-30/h3-26,37H,1-2H3,(H,42,47)(H,43,46)(H,44,45,48)/b34-26-. The van der Waals surface area contributed by atoms with Crippen molar-refractivity contribution in [3.63, 3.8) is 0 Å². The predicted molar refractivity (Wildman–Crippen MR) is 206 cm³/mol. The SMILES string of the molecule is COc1ccccc1/C=C(\NC(=O)c1ccccc1)C(=O)Nc1ccc(SC(C(=O)Nc2nc(-c3ccccc3)c(C)s2)c2ccccc2)cc1. The Morgan fingerprint density at radius 2 is 1.39 bits per heavy atom. The Bertz CT molecular complexity index is 2150. The van der Waals surface area contributed by atoms with Crippen LogP contribution in [0, 0.1) is 6.92 Å². The van der Waals surface area contributed by atoms with E-state index in [1.807, 2.05) is 97.9 Å². The van der Waals surface area contributed by atoms with Gasteiger partial charge < -0.3 is 20.7 Å². The van der Waals surface area contributed by atoms with Crippen molar-refractivity contribution in [1.29, 1.82) is 0 Å². The molecule has 0 aliphatic heterocycles. The predicted octanol–water partition coefficient (Wildman–Crippen LogP) is 9.01. The number of aryl methyl sites for hydroxylation is 1. The van der Waals surface area contributed by atoms with Crippen LogP contribution in [0.2, 0.25) is 0 Å². The van der Waals surface area contributed by atoms with Crippen LogP contribution in [0.5, 0.6) is 5.75 Å². The van der Waals surface area contributed by atoms with Crippen molar-refractivity contribution in [3.8, 4) is 17.0 Å². The number of benzene rings is 5. The smallest absolute Gasteiger partial charge is 0.272 e. The first-order chi connectivity index (χ1) is 24.9. The quantitative estimate of drug-likeness (QED) is 0.0864.